The number of H-pyrrole nitrogens is 2. The molecule has 1 heterocycles. The standard InChI is InChI=1S/C9H11N3OS/c13-8-7(11-12-9(14)10-8)6-4-2-1-3-5-6/h4H,1-3,5H2,(H2,10,12,13,14). The second kappa shape index (κ2) is 3.88. The summed E-state index contributed by atoms with van der Waals surface area (Å²) in [6.07, 6.45) is 6.37. The SMILES string of the molecule is O=c1[nH]c(=S)[nH]nc1C1=CCCCC1. The van der Waals surface area contributed by atoms with Gasteiger partial charge in [0.2, 0.25) is 0 Å². The van der Waals surface area contributed by atoms with Crippen LogP contribution < -0.4 is 5.56 Å². The molecule has 1 aromatic heterocycles. The largest absolute Gasteiger partial charge is 0.296 e. The molecule has 0 aromatic carbocycles. The molecule has 4 nitrogen and oxygen atoms in total. The third-order valence-corrected chi connectivity index (χ3v) is 2.50. The van der Waals surface area contributed by atoms with E-state index in [2.05, 4.69) is 21.3 Å². The smallest absolute Gasteiger partial charge is 0.278 e. The van der Waals surface area contributed by atoms with Gasteiger partial charge in [0, 0.05) is 0 Å². The molecule has 0 fully saturated rings. The quantitative estimate of drug-likeness (QED) is 0.693. The predicted octanol–water partition coefficient (Wildman–Crippen LogP) is 1.78. The molecule has 1 aromatic rings. The van der Waals surface area contributed by atoms with E-state index in [1.165, 1.54) is 6.42 Å². The first-order chi connectivity index (χ1) is 6.77. The molecular formula is C9H11N3OS. The second-order valence-corrected chi connectivity index (χ2v) is 3.74. The van der Waals surface area contributed by atoms with Crippen molar-refractivity contribution in [3.05, 3.63) is 26.9 Å². The number of aromatic nitrogens is 3. The number of hydrogen-bond acceptors (Lipinski definition) is 3. The van der Waals surface area contributed by atoms with Crippen molar-refractivity contribution in [2.24, 2.45) is 0 Å². The van der Waals surface area contributed by atoms with Gasteiger partial charge in [-0.1, -0.05) is 6.08 Å². The Morgan fingerprint density at radius 2 is 2.29 bits per heavy atom. The van der Waals surface area contributed by atoms with Gasteiger partial charge < -0.3 is 0 Å². The van der Waals surface area contributed by atoms with Crippen LogP contribution in [0.2, 0.25) is 0 Å². The number of nitrogens with one attached hydrogen (secondary N) is 2. The minimum absolute atomic E-state index is 0.193. The summed E-state index contributed by atoms with van der Waals surface area (Å²) in [5, 5.41) is 6.57. The Morgan fingerprint density at radius 1 is 1.43 bits per heavy atom. The fourth-order valence-electron chi connectivity index (χ4n) is 1.62. The first-order valence-corrected chi connectivity index (χ1v) is 5.06. The van der Waals surface area contributed by atoms with Crippen LogP contribution in [0.4, 0.5) is 0 Å². The summed E-state index contributed by atoms with van der Waals surface area (Å²) in [5.74, 6) is 0. The molecular weight excluding hydrogens is 198 g/mol. The van der Waals surface area contributed by atoms with Crippen LogP contribution in [-0.4, -0.2) is 15.2 Å². The molecule has 0 bridgehead atoms. The molecule has 1 aliphatic rings. The van der Waals surface area contributed by atoms with Crippen molar-refractivity contribution in [2.45, 2.75) is 25.7 Å². The summed E-state index contributed by atoms with van der Waals surface area (Å²) in [6, 6.07) is 0. The van der Waals surface area contributed by atoms with Gasteiger partial charge >= 0.3 is 0 Å². The maximum absolute atomic E-state index is 11.5. The van der Waals surface area contributed by atoms with Crippen molar-refractivity contribution in [3.63, 3.8) is 0 Å². The number of allylic oxidation sites excluding steroid dienone is 2. The van der Waals surface area contributed by atoms with Crippen LogP contribution in [0, 0.1) is 4.77 Å². The Bertz CT molecular complexity index is 471. The van der Waals surface area contributed by atoms with Crippen LogP contribution >= 0.6 is 12.2 Å². The summed E-state index contributed by atoms with van der Waals surface area (Å²) in [6.45, 7) is 0. The van der Waals surface area contributed by atoms with Crippen LogP contribution in [0.25, 0.3) is 5.57 Å². The average Bonchev–Trinajstić information content (AvgIpc) is 2.19. The van der Waals surface area contributed by atoms with Gasteiger partial charge in [0.05, 0.1) is 0 Å². The van der Waals surface area contributed by atoms with Crippen molar-refractivity contribution < 1.29 is 0 Å². The molecule has 2 rings (SSSR count). The van der Waals surface area contributed by atoms with E-state index >= 15 is 0 Å². The van der Waals surface area contributed by atoms with E-state index in [1.54, 1.807) is 0 Å². The van der Waals surface area contributed by atoms with E-state index in [9.17, 15) is 4.79 Å². The second-order valence-electron chi connectivity index (χ2n) is 3.33. The third-order valence-electron chi connectivity index (χ3n) is 2.31. The maximum atomic E-state index is 11.5. The van der Waals surface area contributed by atoms with Crippen molar-refractivity contribution in [2.75, 3.05) is 0 Å². The number of rotatable bonds is 1. The molecule has 2 N–H and O–H groups in total. The number of aromatic amines is 2. The molecule has 5 heteroatoms. The maximum Gasteiger partial charge on any atom is 0.278 e. The van der Waals surface area contributed by atoms with Gasteiger partial charge in [0.25, 0.3) is 5.56 Å². The highest BCUT2D eigenvalue weighted by Crippen LogP contribution is 2.22. The van der Waals surface area contributed by atoms with Crippen LogP contribution in [0.5, 0.6) is 0 Å². The van der Waals surface area contributed by atoms with Crippen LogP contribution in [0.15, 0.2) is 10.9 Å². The Balaban J connectivity index is 2.46. The van der Waals surface area contributed by atoms with Gasteiger partial charge in [-0.05, 0) is 43.5 Å². The van der Waals surface area contributed by atoms with Gasteiger partial charge in [-0.2, -0.15) is 5.10 Å². The number of nitrogens with zero attached hydrogens (tertiary/aromatic N) is 1. The van der Waals surface area contributed by atoms with E-state index in [1.807, 2.05) is 0 Å². The van der Waals surface area contributed by atoms with Crippen molar-refractivity contribution in [1.82, 2.24) is 15.2 Å². The van der Waals surface area contributed by atoms with Gasteiger partial charge in [-0.25, -0.2) is 0 Å². The first kappa shape index (κ1) is 9.33. The molecule has 14 heavy (non-hydrogen) atoms. The lowest BCUT2D eigenvalue weighted by molar-refractivity contribution is 0.734. The Kier molecular flexibility index (Phi) is 2.58. The highest BCUT2D eigenvalue weighted by atomic mass is 32.1. The zero-order valence-electron chi connectivity index (χ0n) is 7.67. The lowest BCUT2D eigenvalue weighted by Crippen LogP contribution is -2.16. The van der Waals surface area contributed by atoms with Gasteiger partial charge in [0.15, 0.2) is 10.5 Å². The Hall–Kier alpha value is -1.23. The highest BCUT2D eigenvalue weighted by Gasteiger charge is 2.10. The average molecular weight is 209 g/mol. The van der Waals surface area contributed by atoms with Gasteiger partial charge in [0.1, 0.15) is 0 Å². The summed E-state index contributed by atoms with van der Waals surface area (Å²) < 4.78 is 0.273. The lowest BCUT2D eigenvalue weighted by Gasteiger charge is -2.10. The monoisotopic (exact) mass is 209 g/mol. The fraction of sp³-hybridized carbons (Fsp3) is 0.444. The molecule has 0 radical (unpaired) electrons. The molecule has 74 valence electrons. The third kappa shape index (κ3) is 1.82. The van der Waals surface area contributed by atoms with E-state index in [0.717, 1.165) is 24.8 Å². The van der Waals surface area contributed by atoms with Crippen LogP contribution in [0.3, 0.4) is 0 Å². The zero-order valence-corrected chi connectivity index (χ0v) is 8.49. The first-order valence-electron chi connectivity index (χ1n) is 4.66. The normalized spacial score (nSPS) is 16.4. The van der Waals surface area contributed by atoms with Crippen molar-refractivity contribution in [1.29, 1.82) is 0 Å². The topological polar surface area (TPSA) is 61.5 Å². The fourth-order valence-corrected chi connectivity index (χ4v) is 1.76. The van der Waals surface area contributed by atoms with Gasteiger partial charge in [-0.15, -0.1) is 0 Å². The van der Waals surface area contributed by atoms with E-state index in [-0.39, 0.29) is 10.3 Å². The van der Waals surface area contributed by atoms with Crippen LogP contribution in [-0.2, 0) is 0 Å². The molecule has 0 saturated carbocycles. The zero-order chi connectivity index (χ0) is 9.97. The number of hydrogen-bond donors (Lipinski definition) is 2. The minimum Gasteiger partial charge on any atom is -0.296 e. The Labute approximate surface area is 86.1 Å². The predicted molar refractivity (Wildman–Crippen MR) is 56.5 cm³/mol. The van der Waals surface area contributed by atoms with E-state index < -0.39 is 0 Å². The highest BCUT2D eigenvalue weighted by molar-refractivity contribution is 7.71. The summed E-state index contributed by atoms with van der Waals surface area (Å²) in [7, 11) is 0. The van der Waals surface area contributed by atoms with Crippen molar-refractivity contribution in [3.8, 4) is 0 Å². The molecule has 0 unspecified atom stereocenters. The minimum atomic E-state index is -0.193. The molecule has 0 atom stereocenters. The molecule has 0 aliphatic heterocycles. The van der Waals surface area contributed by atoms with E-state index in [4.69, 9.17) is 12.2 Å². The van der Waals surface area contributed by atoms with Crippen LogP contribution in [0.1, 0.15) is 31.4 Å². The summed E-state index contributed by atoms with van der Waals surface area (Å²) in [4.78, 5) is 14.0. The molecule has 0 saturated heterocycles. The van der Waals surface area contributed by atoms with Gasteiger partial charge in [-0.3, -0.25) is 14.9 Å². The van der Waals surface area contributed by atoms with E-state index in [0.29, 0.717) is 5.69 Å². The lowest BCUT2D eigenvalue weighted by atomic mass is 9.97. The Morgan fingerprint density at radius 3 is 2.93 bits per heavy atom. The molecule has 0 spiro atoms. The molecule has 1 aliphatic carbocycles. The molecule has 0 amide bonds. The summed E-state index contributed by atoms with van der Waals surface area (Å²) >= 11 is 4.77. The van der Waals surface area contributed by atoms with Crippen molar-refractivity contribution >= 4 is 17.8 Å². The summed E-state index contributed by atoms with van der Waals surface area (Å²) in [5.41, 5.74) is 1.32.